The second kappa shape index (κ2) is 35.3. The Morgan fingerprint density at radius 3 is 1.44 bits per heavy atom. The second-order valence-electron chi connectivity index (χ2n) is 22.8. The van der Waals surface area contributed by atoms with E-state index in [1.54, 1.807) is 0 Å². The first-order valence-electron chi connectivity index (χ1n) is 29.7. The number of phosphoric ester groups is 4. The number of nitrogen functional groups attached to an aromatic ring is 2. The number of terminal acetylenes is 1. The largest absolute Gasteiger partial charge is 0.490 e. The molecular formula is C42H62N14O48P9+. The lowest BCUT2D eigenvalue weighted by atomic mass is 10.0. The van der Waals surface area contributed by atoms with Gasteiger partial charge in [-0.05, 0) is 0 Å². The van der Waals surface area contributed by atoms with E-state index in [1.807, 2.05) is 15.9 Å². The number of aliphatic hydroxyl groups excluding tert-OH is 7. The Balaban J connectivity index is 0.000000229. The number of nitrogens with zero attached hydrogens (tertiary/aromatic N) is 7. The lowest BCUT2D eigenvalue weighted by Gasteiger charge is -2.21. The normalized spacial score (nSPS) is 29.1. The number of aryl methyl sites for hydroxylation is 1. The number of nitrogens with two attached hydrogens (primary N) is 2. The lowest BCUT2D eigenvalue weighted by Crippen LogP contribution is -2.46. The van der Waals surface area contributed by atoms with Crippen LogP contribution in [-0.2, 0) is 116 Å². The smallest absolute Gasteiger partial charge is 0.387 e. The van der Waals surface area contributed by atoms with E-state index in [-0.39, 0.29) is 45.4 Å². The van der Waals surface area contributed by atoms with Crippen LogP contribution < -0.4 is 49.7 Å². The minimum atomic E-state index is -5.98. The molecule has 4 saturated heterocycles. The van der Waals surface area contributed by atoms with E-state index >= 15 is 0 Å². The molecule has 0 radical (unpaired) electrons. The van der Waals surface area contributed by atoms with Gasteiger partial charge in [-0.1, -0.05) is 10.9 Å². The van der Waals surface area contributed by atoms with Gasteiger partial charge in [-0.25, -0.2) is 60.2 Å². The summed E-state index contributed by atoms with van der Waals surface area (Å²) in [4.78, 5) is 194. The summed E-state index contributed by atoms with van der Waals surface area (Å²) >= 11 is 0. The maximum Gasteiger partial charge on any atom is 0.490 e. The van der Waals surface area contributed by atoms with Crippen molar-refractivity contribution < 1.29 is 203 Å². The molecule has 0 aliphatic carbocycles. The summed E-state index contributed by atoms with van der Waals surface area (Å²) in [6.07, 6.45) is -16.4. The van der Waals surface area contributed by atoms with Gasteiger partial charge in [0.2, 0.25) is 17.7 Å². The Kier molecular flexibility index (Phi) is 28.9. The number of hydrogen-bond donors (Lipinski definition) is 25. The molecule has 62 nitrogen and oxygen atoms in total. The average molecular weight is 1810 g/mol. The Morgan fingerprint density at radius 1 is 0.531 bits per heavy atom. The number of hydrogen-bond acceptors (Lipinski definition) is 42. The molecule has 6 aromatic rings. The Labute approximate surface area is 620 Å². The van der Waals surface area contributed by atoms with Crippen molar-refractivity contribution in [1.29, 1.82) is 0 Å². The number of nitrogens with one attached hydrogen (secondary N) is 5. The third-order valence-corrected chi connectivity index (χ3v) is 26.7. The third kappa shape index (κ3) is 23.7. The molecule has 10 heterocycles. The number of methoxy groups -OCH3 is 1. The van der Waals surface area contributed by atoms with Gasteiger partial charge >= 0.3 is 87.4 Å². The maximum absolute atomic E-state index is 12.6. The lowest BCUT2D eigenvalue weighted by molar-refractivity contribution is -0.745. The molecule has 0 spiro atoms. The van der Waals surface area contributed by atoms with Crippen molar-refractivity contribution in [3.05, 3.63) is 98.6 Å². The monoisotopic (exact) mass is 1810 g/mol. The highest BCUT2D eigenvalue weighted by atomic mass is 31.3. The van der Waals surface area contributed by atoms with Crippen LogP contribution in [0.3, 0.4) is 0 Å². The van der Waals surface area contributed by atoms with E-state index in [1.165, 1.54) is 22.5 Å². The number of fused-ring (bicyclic) bond motifs is 2. The summed E-state index contributed by atoms with van der Waals surface area (Å²) in [5.41, 5.74) is 5.21. The van der Waals surface area contributed by atoms with Crippen LogP contribution in [0.1, 0.15) is 35.9 Å². The van der Waals surface area contributed by atoms with Crippen molar-refractivity contribution in [3.8, 4) is 12.3 Å². The van der Waals surface area contributed by atoms with E-state index in [0.29, 0.717) is 4.57 Å². The van der Waals surface area contributed by atoms with E-state index in [0.717, 1.165) is 30.4 Å². The van der Waals surface area contributed by atoms with Crippen LogP contribution in [-0.4, -0.2) is 250 Å². The van der Waals surface area contributed by atoms with Crippen molar-refractivity contribution in [2.45, 2.75) is 98.0 Å². The molecule has 0 saturated carbocycles. The molecule has 23 atom stereocenters. The fraction of sp³-hybridized carbons (Fsp3) is 0.524. The number of ether oxygens (including phenoxy) is 5. The van der Waals surface area contributed by atoms with Crippen molar-refractivity contribution >= 4 is 105 Å². The standard InChI is InChI=1S/C22H31N10O18P3.C11H15N2O15P3.C9H15N2O15P3/c1-30-6-32(16-10(30)18(37)29-22(24)27-16)20-13(35)14(44-2)8(48-20)4-46-52(40,41)50-53(42,43)49-51(38,39)45-3-7-11(33)12(34)19(47-7)31-5-25-9-15(31)26-21(23)28-17(9)36;1-2-5-3-13(11(17)12-9(5)16)10-8(15)7(14)6(26-10)4-25-30(21,22)28-31(23,24)27-29(18,19)20;12-5-4(2-23-28(19,20)26-29(21,22)25-27(16,17)18)24-7(6(5)13)3-1-10-9(15)11-8(3)14/h5-8,11-14,19-20,33-35H,3-4H2,1-2H3,(H8-,23,24,26,27,28,29,36,37,38,39,40,41,42,43);1,3,6-8,10,14-15H,4H2,(H,21,22)(H,23,24)(H,12,16,17)(H2,18,19,20);1,4-7,12-13H,2H2,(H,19,20)(H,21,22)(H2,16,17,18)(H2,10,11,14,15)/p+1/t7-,8-,11+,12?,13+,14?,19-,20-;6-,7+,8?,10-;4-,5+,6?,7+/m111/s1. The summed E-state index contributed by atoms with van der Waals surface area (Å²) in [7, 11) is -48.3. The highest BCUT2D eigenvalue weighted by molar-refractivity contribution is 7.68. The van der Waals surface area contributed by atoms with Crippen molar-refractivity contribution in [2.75, 3.05) is 45.0 Å². The molecule has 6 aromatic heterocycles. The highest BCUT2D eigenvalue weighted by Gasteiger charge is 2.53. The summed E-state index contributed by atoms with van der Waals surface area (Å²) in [6, 6.07) is 0. The van der Waals surface area contributed by atoms with Crippen LogP contribution in [0.25, 0.3) is 22.3 Å². The van der Waals surface area contributed by atoms with Gasteiger partial charge in [0.25, 0.3) is 28.2 Å². The van der Waals surface area contributed by atoms with Gasteiger partial charge < -0.3 is 130 Å². The summed E-state index contributed by atoms with van der Waals surface area (Å²) < 4.78 is 176. The van der Waals surface area contributed by atoms with Gasteiger partial charge in [0.05, 0.1) is 45.4 Å². The molecule has 27 N–H and O–H groups in total. The van der Waals surface area contributed by atoms with Crippen LogP contribution >= 0.6 is 70.4 Å². The molecule has 0 aromatic carbocycles. The number of anilines is 2. The van der Waals surface area contributed by atoms with Crippen LogP contribution in [0.4, 0.5) is 11.9 Å². The van der Waals surface area contributed by atoms with Gasteiger partial charge in [0, 0.05) is 19.5 Å². The first kappa shape index (κ1) is 92.5. The summed E-state index contributed by atoms with van der Waals surface area (Å²) in [5, 5.41) is 71.9. The Morgan fingerprint density at radius 2 is 0.973 bits per heavy atom. The topological polar surface area (TPSA) is 947 Å². The van der Waals surface area contributed by atoms with E-state index in [2.05, 4.69) is 69.3 Å². The maximum atomic E-state index is 12.6. The van der Waals surface area contributed by atoms with Crippen LogP contribution in [0.15, 0.2) is 53.8 Å². The number of H-pyrrole nitrogens is 5. The Hall–Kier alpha value is -6.03. The van der Waals surface area contributed by atoms with Crippen LogP contribution in [0.5, 0.6) is 0 Å². The highest BCUT2D eigenvalue weighted by Crippen LogP contribution is 2.69. The number of aromatic amines is 5. The van der Waals surface area contributed by atoms with Crippen molar-refractivity contribution in [2.24, 2.45) is 7.05 Å². The summed E-state index contributed by atoms with van der Waals surface area (Å²) in [5.74, 6) is 1.43. The van der Waals surface area contributed by atoms with E-state index in [9.17, 15) is 130 Å². The van der Waals surface area contributed by atoms with Gasteiger partial charge in [0.1, 0.15) is 84.9 Å². The number of imidazole rings is 2. The quantitative estimate of drug-likeness (QED) is 0.0118. The fourth-order valence-corrected chi connectivity index (χ4v) is 19.9. The predicted octanol–water partition coefficient (Wildman–Crippen LogP) is -8.84. The molecule has 4 aliphatic rings. The molecule has 71 heteroatoms. The average Bonchev–Trinajstić information content (AvgIpc) is 1.62. The fourth-order valence-electron chi connectivity index (χ4n) is 10.3. The molecule has 4 aliphatic heterocycles. The van der Waals surface area contributed by atoms with E-state index < -0.39 is 228 Å². The zero-order chi connectivity index (χ0) is 84.8. The van der Waals surface area contributed by atoms with Crippen molar-refractivity contribution in [1.82, 2.24) is 53.6 Å². The number of aromatic nitrogens is 12. The second-order valence-corrected chi connectivity index (χ2v) is 36.2. The first-order valence-corrected chi connectivity index (χ1v) is 43.2. The predicted molar refractivity (Wildman–Crippen MR) is 351 cm³/mol. The van der Waals surface area contributed by atoms with Crippen LogP contribution in [0, 0.1) is 12.3 Å². The van der Waals surface area contributed by atoms with Gasteiger partial charge in [-0.2, -0.15) is 30.8 Å². The molecule has 10 rings (SSSR count). The van der Waals surface area contributed by atoms with Gasteiger partial charge in [-0.15, -0.1) is 6.42 Å². The molecule has 0 amide bonds. The molecular weight excluding hydrogens is 1750 g/mol. The number of aliphatic hydroxyl groups is 7. The molecule has 11 unspecified atom stereocenters. The molecule has 113 heavy (non-hydrogen) atoms. The minimum Gasteiger partial charge on any atom is -0.387 e. The molecule has 4 fully saturated rings. The SMILES string of the molecule is C#Cc1cn([C@@H]2O[C@H](COP(=O)(O)OP(=O)(O)OP(=O)(O)O)[C@H](O)C2O)c(=O)[nH]c1=O.COC1[C@@H](COP(=O)(O)OP(=O)(O)OP(=O)(O)OC[C@H]2O[C@@H](n3cnc4c(=O)[nH]c(N)nc43)C(O)[C@H]2O)O[C@@H]([n+]2cn(C)c3c(=O)[nH]c(N)nc32)[C@H]1O.O=c1[nH]cc([C@@H]2O[C@H](COP(=O)(O)OP(=O)(O)OP(=O)(O)O)[C@H](O)C2O)c(=O)[nH]1. The van der Waals surface area contributed by atoms with Gasteiger partial charge in [-0.3, -0.25) is 70.9 Å². The zero-order valence-corrected chi connectivity index (χ0v) is 63.6. The summed E-state index contributed by atoms with van der Waals surface area (Å²) in [6.45, 7) is -4.15. The van der Waals surface area contributed by atoms with Gasteiger partial charge in [0.15, 0.2) is 29.9 Å². The zero-order valence-electron chi connectivity index (χ0n) is 55.6. The van der Waals surface area contributed by atoms with E-state index in [4.69, 9.17) is 75.5 Å². The number of phosphoric acid groups is 9. The first-order chi connectivity index (χ1) is 51.9. The molecule has 632 valence electrons. The minimum absolute atomic E-state index is 0.00284. The number of rotatable bonds is 29. The van der Waals surface area contributed by atoms with Crippen LogP contribution in [0.2, 0.25) is 0 Å². The molecule has 0 bridgehead atoms. The van der Waals surface area contributed by atoms with Crippen molar-refractivity contribution in [3.63, 3.8) is 0 Å². The Bertz CT molecular complexity index is 5420. The third-order valence-electron chi connectivity index (χ3n) is 14.8.